The minimum atomic E-state index is -0.403. The summed E-state index contributed by atoms with van der Waals surface area (Å²) >= 11 is 0. The van der Waals surface area contributed by atoms with Crippen LogP contribution in [-0.4, -0.2) is 38.8 Å². The number of nitrogens with zero attached hydrogens (tertiary/aromatic N) is 5. The van der Waals surface area contributed by atoms with Gasteiger partial charge in [0, 0.05) is 11.6 Å². The Kier molecular flexibility index (Phi) is 4.48. The molecule has 2 aromatic carbocycles. The number of hydrogen-bond acceptors (Lipinski definition) is 6. The van der Waals surface area contributed by atoms with Gasteiger partial charge in [-0.3, -0.25) is 9.36 Å². The van der Waals surface area contributed by atoms with Crippen molar-refractivity contribution in [1.82, 2.24) is 24.5 Å². The van der Waals surface area contributed by atoms with E-state index in [1.807, 2.05) is 0 Å². The molecule has 0 atom stereocenters. The van der Waals surface area contributed by atoms with Crippen molar-refractivity contribution >= 4 is 11.2 Å². The predicted molar refractivity (Wildman–Crippen MR) is 99.5 cm³/mol. The molecule has 0 amide bonds. The molecule has 0 aliphatic rings. The Morgan fingerprint density at radius 2 is 1.86 bits per heavy atom. The maximum absolute atomic E-state index is 13.9. The summed E-state index contributed by atoms with van der Waals surface area (Å²) in [6.45, 7) is 0.0532. The first-order chi connectivity index (χ1) is 13.6. The first-order valence-corrected chi connectivity index (χ1v) is 8.39. The second kappa shape index (κ2) is 7.10. The zero-order chi connectivity index (χ0) is 19.7. The van der Waals surface area contributed by atoms with Crippen molar-refractivity contribution in [2.45, 2.75) is 6.54 Å². The summed E-state index contributed by atoms with van der Waals surface area (Å²) in [6, 6.07) is 11.5. The summed E-state index contributed by atoms with van der Waals surface area (Å²) in [4.78, 5) is 17.1. The van der Waals surface area contributed by atoms with Crippen LogP contribution in [-0.2, 0) is 6.54 Å². The van der Waals surface area contributed by atoms with Gasteiger partial charge in [-0.1, -0.05) is 23.4 Å². The maximum Gasteiger partial charge on any atom is 0.283 e. The van der Waals surface area contributed by atoms with Gasteiger partial charge >= 0.3 is 0 Å². The van der Waals surface area contributed by atoms with E-state index in [-0.39, 0.29) is 17.9 Å². The zero-order valence-corrected chi connectivity index (χ0v) is 15.2. The van der Waals surface area contributed by atoms with Gasteiger partial charge in [0.2, 0.25) is 0 Å². The van der Waals surface area contributed by atoms with Crippen molar-refractivity contribution in [1.29, 1.82) is 0 Å². The van der Waals surface area contributed by atoms with Crippen LogP contribution in [0.1, 0.15) is 5.56 Å². The molecule has 0 spiro atoms. The van der Waals surface area contributed by atoms with Crippen LogP contribution in [0.5, 0.6) is 11.5 Å². The molecule has 142 valence electrons. The van der Waals surface area contributed by atoms with Crippen molar-refractivity contribution < 1.29 is 13.9 Å². The van der Waals surface area contributed by atoms with E-state index in [9.17, 15) is 9.18 Å². The second-order valence-electron chi connectivity index (χ2n) is 5.98. The highest BCUT2D eigenvalue weighted by molar-refractivity contribution is 5.70. The molecule has 8 nitrogen and oxygen atoms in total. The fourth-order valence-electron chi connectivity index (χ4n) is 2.90. The number of hydrogen-bond donors (Lipinski definition) is 0. The lowest BCUT2D eigenvalue weighted by Crippen LogP contribution is -2.22. The minimum Gasteiger partial charge on any atom is -0.493 e. The lowest BCUT2D eigenvalue weighted by molar-refractivity contribution is 0.355. The van der Waals surface area contributed by atoms with Gasteiger partial charge in [-0.25, -0.2) is 9.37 Å². The zero-order valence-electron chi connectivity index (χ0n) is 15.2. The maximum atomic E-state index is 13.9. The van der Waals surface area contributed by atoms with E-state index in [0.717, 1.165) is 0 Å². The molecule has 0 fully saturated rings. The molecule has 0 aliphatic carbocycles. The summed E-state index contributed by atoms with van der Waals surface area (Å²) in [5.41, 5.74) is 0.979. The molecular formula is C19H16FN5O3. The summed E-state index contributed by atoms with van der Waals surface area (Å²) < 4.78 is 27.2. The molecule has 0 saturated heterocycles. The Bertz CT molecular complexity index is 1220. The van der Waals surface area contributed by atoms with Gasteiger partial charge in [0.15, 0.2) is 22.7 Å². The van der Waals surface area contributed by atoms with E-state index in [2.05, 4.69) is 15.3 Å². The highest BCUT2D eigenvalue weighted by atomic mass is 19.1. The summed E-state index contributed by atoms with van der Waals surface area (Å²) in [6.07, 6.45) is 1.36. The summed E-state index contributed by atoms with van der Waals surface area (Å²) in [5, 5.41) is 8.01. The fourth-order valence-corrected chi connectivity index (χ4v) is 2.90. The lowest BCUT2D eigenvalue weighted by atomic mass is 10.2. The molecule has 2 heterocycles. The topological polar surface area (TPSA) is 84.1 Å². The molecule has 4 rings (SSSR count). The first-order valence-electron chi connectivity index (χ1n) is 8.39. The van der Waals surface area contributed by atoms with E-state index in [1.165, 1.54) is 28.8 Å². The third kappa shape index (κ3) is 2.96. The number of benzene rings is 2. The summed E-state index contributed by atoms with van der Waals surface area (Å²) in [7, 11) is 3.07. The minimum absolute atomic E-state index is 0.0532. The van der Waals surface area contributed by atoms with E-state index in [0.29, 0.717) is 28.4 Å². The van der Waals surface area contributed by atoms with Crippen LogP contribution in [0, 0.1) is 5.82 Å². The monoisotopic (exact) mass is 381 g/mol. The van der Waals surface area contributed by atoms with Gasteiger partial charge in [-0.2, -0.15) is 4.68 Å². The second-order valence-corrected chi connectivity index (χ2v) is 5.98. The number of methoxy groups -OCH3 is 2. The average molecular weight is 381 g/mol. The van der Waals surface area contributed by atoms with Crippen LogP contribution >= 0.6 is 0 Å². The number of halogens is 1. The molecule has 0 aliphatic heterocycles. The Balaban J connectivity index is 1.77. The Morgan fingerprint density at radius 3 is 2.61 bits per heavy atom. The molecule has 28 heavy (non-hydrogen) atoms. The lowest BCUT2D eigenvalue weighted by Gasteiger charge is -2.09. The first kappa shape index (κ1) is 17.7. The SMILES string of the molecule is COc1ccc(-n2nnc3c(=O)n(Cc4ccccc4F)cnc32)cc1OC. The molecule has 0 radical (unpaired) electrons. The molecule has 0 saturated carbocycles. The van der Waals surface area contributed by atoms with Crippen LogP contribution in [0.15, 0.2) is 53.6 Å². The van der Waals surface area contributed by atoms with E-state index >= 15 is 0 Å². The van der Waals surface area contributed by atoms with E-state index in [1.54, 1.807) is 43.5 Å². The van der Waals surface area contributed by atoms with Gasteiger partial charge in [0.25, 0.3) is 5.56 Å². The van der Waals surface area contributed by atoms with Gasteiger partial charge in [0.1, 0.15) is 12.1 Å². The Labute approximate surface area is 158 Å². The van der Waals surface area contributed by atoms with Crippen LogP contribution in [0.25, 0.3) is 16.9 Å². The number of fused-ring (bicyclic) bond motifs is 1. The molecule has 0 unspecified atom stereocenters. The molecule has 0 N–H and O–H groups in total. The van der Waals surface area contributed by atoms with Crippen LogP contribution < -0.4 is 15.0 Å². The number of aromatic nitrogens is 5. The van der Waals surface area contributed by atoms with Crippen LogP contribution in [0.3, 0.4) is 0 Å². The normalized spacial score (nSPS) is 11.0. The predicted octanol–water partition coefficient (Wildman–Crippen LogP) is 2.18. The molecular weight excluding hydrogens is 365 g/mol. The summed E-state index contributed by atoms with van der Waals surface area (Å²) in [5.74, 6) is 0.691. The standard InChI is InChI=1S/C19H16FN5O3/c1-27-15-8-7-13(9-16(15)28-2)25-18-17(22-23-25)19(26)24(11-21-18)10-12-5-3-4-6-14(12)20/h3-9,11H,10H2,1-2H3. The fraction of sp³-hybridized carbons (Fsp3) is 0.158. The molecule has 0 bridgehead atoms. The van der Waals surface area contributed by atoms with Gasteiger partial charge < -0.3 is 9.47 Å². The van der Waals surface area contributed by atoms with Crippen LogP contribution in [0.2, 0.25) is 0 Å². The van der Waals surface area contributed by atoms with Crippen molar-refractivity contribution in [3.05, 3.63) is 70.5 Å². The van der Waals surface area contributed by atoms with E-state index < -0.39 is 5.56 Å². The van der Waals surface area contributed by atoms with E-state index in [4.69, 9.17) is 9.47 Å². The third-order valence-corrected chi connectivity index (χ3v) is 4.34. The molecule has 4 aromatic rings. The Morgan fingerprint density at radius 1 is 1.07 bits per heavy atom. The number of ether oxygens (including phenoxy) is 2. The highest BCUT2D eigenvalue weighted by Gasteiger charge is 2.15. The molecule has 9 heteroatoms. The number of rotatable bonds is 5. The van der Waals surface area contributed by atoms with Crippen molar-refractivity contribution in [3.8, 4) is 17.2 Å². The molecule has 2 aromatic heterocycles. The van der Waals surface area contributed by atoms with Crippen molar-refractivity contribution in [2.75, 3.05) is 14.2 Å². The van der Waals surface area contributed by atoms with Crippen molar-refractivity contribution in [3.63, 3.8) is 0 Å². The van der Waals surface area contributed by atoms with Gasteiger partial charge in [0.05, 0.1) is 26.5 Å². The smallest absolute Gasteiger partial charge is 0.283 e. The Hall–Kier alpha value is -3.75. The van der Waals surface area contributed by atoms with Gasteiger partial charge in [-0.05, 0) is 18.2 Å². The third-order valence-electron chi connectivity index (χ3n) is 4.34. The van der Waals surface area contributed by atoms with Crippen LogP contribution in [0.4, 0.5) is 4.39 Å². The largest absolute Gasteiger partial charge is 0.493 e. The van der Waals surface area contributed by atoms with Gasteiger partial charge in [-0.15, -0.1) is 5.10 Å². The average Bonchev–Trinajstić information content (AvgIpc) is 3.16. The highest BCUT2D eigenvalue weighted by Crippen LogP contribution is 2.29. The quantitative estimate of drug-likeness (QED) is 0.527. The van der Waals surface area contributed by atoms with Crippen molar-refractivity contribution in [2.24, 2.45) is 0 Å².